The maximum Gasteiger partial charge on any atom is 0.334 e. The van der Waals surface area contributed by atoms with Crippen LogP contribution >= 0.6 is 12.3 Å². The second-order valence-electron chi connectivity index (χ2n) is 20.5. The molecule has 0 aromatic rings. The van der Waals surface area contributed by atoms with Gasteiger partial charge in [-0.25, -0.2) is 10.1 Å². The molecular weight excluding hydrogens is 949 g/mol. The maximum absolute atomic E-state index is 13.8. The van der Waals surface area contributed by atoms with Gasteiger partial charge in [-0.15, -0.1) is 4.33 Å². The van der Waals surface area contributed by atoms with E-state index in [1.807, 2.05) is 6.92 Å². The normalized spacial score (nSPS) is 25.4. The minimum atomic E-state index is -1.77. The number of rotatable bonds is 44. The SMILES string of the molecule is CCCCCCCCCCCCCCCCCC[C@H](C)/C=C(C)/C=C(\C)C(=O)OC1C(O)C(CO)OC(OC2OC(CO)C(O)C(O)C2OSOOO)C1OC(=O)CCCCCCCCCCCCCCC. The molecule has 0 aliphatic carbocycles. The van der Waals surface area contributed by atoms with Crippen LogP contribution in [0.3, 0.4) is 0 Å². The van der Waals surface area contributed by atoms with E-state index in [1.165, 1.54) is 148 Å². The maximum atomic E-state index is 13.8. The number of carbonyl (C=O) groups excluding carboxylic acids is 2. The summed E-state index contributed by atoms with van der Waals surface area (Å²) in [6, 6.07) is 0. The molecule has 0 saturated carbocycles. The molecule has 0 radical (unpaired) electrons. The van der Waals surface area contributed by atoms with E-state index in [0.717, 1.165) is 44.1 Å². The van der Waals surface area contributed by atoms with Crippen LogP contribution in [0.4, 0.5) is 0 Å². The Kier molecular flexibility index (Phi) is 39.1. The molecule has 422 valence electrons. The Morgan fingerprint density at radius 3 is 1.46 bits per heavy atom. The number of aliphatic hydroxyl groups excluding tert-OH is 5. The van der Waals surface area contributed by atoms with Crippen molar-refractivity contribution in [3.8, 4) is 0 Å². The molecule has 2 rings (SSSR count). The number of ether oxygens (including phenoxy) is 5. The Bertz CT molecular complexity index is 1420. The summed E-state index contributed by atoms with van der Waals surface area (Å²) in [6.45, 7) is 8.59. The molecule has 17 heteroatoms. The zero-order valence-corrected chi connectivity index (χ0v) is 45.8. The summed E-state index contributed by atoms with van der Waals surface area (Å²) >= 11 is 0.0593. The van der Waals surface area contributed by atoms with Crippen LogP contribution in [0.15, 0.2) is 23.3 Å². The van der Waals surface area contributed by atoms with Crippen LogP contribution in [0.1, 0.15) is 234 Å². The first-order valence-corrected chi connectivity index (χ1v) is 28.9. The highest BCUT2D eigenvalue weighted by atomic mass is 32.2. The minimum absolute atomic E-state index is 0.0000108. The molecule has 0 bridgehead atoms. The van der Waals surface area contributed by atoms with Crippen molar-refractivity contribution >= 4 is 24.3 Å². The predicted octanol–water partition coefficient (Wildman–Crippen LogP) is 11.4. The van der Waals surface area contributed by atoms with Crippen molar-refractivity contribution in [1.29, 1.82) is 0 Å². The lowest BCUT2D eigenvalue weighted by molar-refractivity contribution is -0.435. The topological polar surface area (TPSA) is 229 Å². The van der Waals surface area contributed by atoms with E-state index in [-0.39, 0.29) is 30.2 Å². The summed E-state index contributed by atoms with van der Waals surface area (Å²) in [5.74, 6) is -1.24. The van der Waals surface area contributed by atoms with Gasteiger partial charge in [-0.2, -0.15) is 0 Å². The van der Waals surface area contributed by atoms with Crippen molar-refractivity contribution in [2.24, 2.45) is 5.92 Å². The van der Waals surface area contributed by atoms with E-state index in [1.54, 1.807) is 13.0 Å². The predicted molar refractivity (Wildman–Crippen MR) is 279 cm³/mol. The lowest BCUT2D eigenvalue weighted by Gasteiger charge is -2.46. The summed E-state index contributed by atoms with van der Waals surface area (Å²) in [6.07, 6.45) is 24.2. The molecule has 2 aliphatic heterocycles. The highest BCUT2D eigenvalue weighted by Crippen LogP contribution is 2.34. The Morgan fingerprint density at radius 2 is 1.00 bits per heavy atom. The number of esters is 2. The van der Waals surface area contributed by atoms with Gasteiger partial charge in [0.05, 0.1) is 13.2 Å². The van der Waals surface area contributed by atoms with Crippen molar-refractivity contribution in [2.75, 3.05) is 13.2 Å². The Hall–Kier alpha value is -1.71. The molecule has 2 saturated heterocycles. The van der Waals surface area contributed by atoms with Gasteiger partial charge in [0.25, 0.3) is 0 Å². The molecule has 0 aromatic heterocycles. The molecule has 0 spiro atoms. The van der Waals surface area contributed by atoms with Crippen LogP contribution in [0, 0.1) is 5.92 Å². The molecule has 10 unspecified atom stereocenters. The summed E-state index contributed by atoms with van der Waals surface area (Å²) in [5, 5.41) is 65.5. The van der Waals surface area contributed by atoms with Gasteiger partial charge in [-0.05, 0) is 38.7 Å². The van der Waals surface area contributed by atoms with Gasteiger partial charge in [-0.1, -0.05) is 217 Å². The quantitative estimate of drug-likeness (QED) is 0.00634. The Morgan fingerprint density at radius 1 is 0.569 bits per heavy atom. The highest BCUT2D eigenvalue weighted by molar-refractivity contribution is 7.89. The monoisotopic (exact) mass is 1050 g/mol. The van der Waals surface area contributed by atoms with E-state index in [4.69, 9.17) is 33.1 Å². The van der Waals surface area contributed by atoms with E-state index < -0.39 is 86.6 Å². The van der Waals surface area contributed by atoms with Crippen LogP contribution < -0.4 is 0 Å². The number of aliphatic hydroxyl groups is 5. The second kappa shape index (κ2) is 42.4. The largest absolute Gasteiger partial charge is 0.453 e. The lowest BCUT2D eigenvalue weighted by atomic mass is 9.97. The third kappa shape index (κ3) is 28.4. The first-order chi connectivity index (χ1) is 34.9. The zero-order valence-electron chi connectivity index (χ0n) is 45.0. The molecule has 0 aromatic carbocycles. The van der Waals surface area contributed by atoms with Gasteiger partial charge in [0.15, 0.2) is 36.9 Å². The second-order valence-corrected chi connectivity index (χ2v) is 20.9. The van der Waals surface area contributed by atoms with Gasteiger partial charge in [0.1, 0.15) is 30.5 Å². The number of carbonyl (C=O) groups is 2. The summed E-state index contributed by atoms with van der Waals surface area (Å²) < 4.78 is 39.1. The molecule has 2 fully saturated rings. The van der Waals surface area contributed by atoms with Crippen molar-refractivity contribution in [2.45, 2.75) is 295 Å². The molecule has 0 amide bonds. The average molecular weight is 1050 g/mol. The molecule has 11 atom stereocenters. The highest BCUT2D eigenvalue weighted by Gasteiger charge is 2.54. The molecule has 72 heavy (non-hydrogen) atoms. The molecule has 2 heterocycles. The first-order valence-electron chi connectivity index (χ1n) is 28.2. The third-order valence-electron chi connectivity index (χ3n) is 13.9. The van der Waals surface area contributed by atoms with Gasteiger partial charge in [-0.3, -0.25) is 8.98 Å². The van der Waals surface area contributed by atoms with E-state index in [2.05, 4.69) is 36.2 Å². The van der Waals surface area contributed by atoms with Gasteiger partial charge in [0, 0.05) is 12.0 Å². The van der Waals surface area contributed by atoms with Crippen LogP contribution in [-0.2, 0) is 46.8 Å². The zero-order chi connectivity index (χ0) is 52.8. The van der Waals surface area contributed by atoms with Gasteiger partial charge < -0.3 is 49.2 Å². The van der Waals surface area contributed by atoms with E-state index in [0.29, 0.717) is 6.42 Å². The Balaban J connectivity index is 2.05. The summed E-state index contributed by atoms with van der Waals surface area (Å²) in [5.41, 5.74) is 1.06. The first kappa shape index (κ1) is 66.4. The smallest absolute Gasteiger partial charge is 0.334 e. The standard InChI is InChI=1S/C55H100O16S/c1-6-8-10-12-14-16-18-20-21-22-24-25-27-29-31-33-35-41(3)37-42(4)38-43(5)53(62)67-50-48(60)45(40-57)65-55(68-54-51(69-72-71-70-63)49(61)47(59)44(39-56)64-54)52(50)66-46(58)36-34-32-30-28-26-23-19-17-15-13-11-9-7-2/h37-38,41,44-45,47-52,54-57,59-61,63H,6-36,39-40H2,1-5H3/b42-37+,43-38+/t41-,44?,45?,47?,48?,49?,50?,51?,52?,54?,55?/m0/s1. The molecule has 6 N–H and O–H groups in total. The lowest BCUT2D eigenvalue weighted by Crippen LogP contribution is -2.65. The summed E-state index contributed by atoms with van der Waals surface area (Å²) in [7, 11) is 0. The van der Waals surface area contributed by atoms with Crippen molar-refractivity contribution in [3.63, 3.8) is 0 Å². The summed E-state index contributed by atoms with van der Waals surface area (Å²) in [4.78, 5) is 27.4. The minimum Gasteiger partial charge on any atom is -0.453 e. The number of hydrogen-bond acceptors (Lipinski definition) is 17. The van der Waals surface area contributed by atoms with E-state index >= 15 is 0 Å². The van der Waals surface area contributed by atoms with E-state index in [9.17, 15) is 35.1 Å². The molecule has 16 nitrogen and oxygen atoms in total. The third-order valence-corrected chi connectivity index (χ3v) is 14.3. The van der Waals surface area contributed by atoms with Crippen molar-refractivity contribution in [1.82, 2.24) is 0 Å². The number of allylic oxidation sites excluding steroid dienone is 3. The van der Waals surface area contributed by atoms with Gasteiger partial charge in [0.2, 0.25) is 6.29 Å². The van der Waals surface area contributed by atoms with Gasteiger partial charge >= 0.3 is 11.9 Å². The van der Waals surface area contributed by atoms with Crippen molar-refractivity contribution in [3.05, 3.63) is 23.3 Å². The average Bonchev–Trinajstić information content (AvgIpc) is 3.36. The van der Waals surface area contributed by atoms with Crippen LogP contribution in [-0.4, -0.2) is 117 Å². The fourth-order valence-corrected chi connectivity index (χ4v) is 9.95. The van der Waals surface area contributed by atoms with Crippen LogP contribution in [0.25, 0.3) is 0 Å². The van der Waals surface area contributed by atoms with Crippen LogP contribution in [0.5, 0.6) is 0 Å². The Labute approximate surface area is 437 Å². The molecule has 2 aliphatic rings. The molecular formula is C55H100O16S. The fourth-order valence-electron chi connectivity index (χ4n) is 9.59. The number of hydrogen-bond donors (Lipinski definition) is 6. The van der Waals surface area contributed by atoms with Crippen molar-refractivity contribution < 1.29 is 77.6 Å². The number of unbranched alkanes of at least 4 members (excludes halogenated alkanes) is 27. The van der Waals surface area contributed by atoms with Crippen LogP contribution in [0.2, 0.25) is 0 Å². The fraction of sp³-hybridized carbons (Fsp3) is 0.891.